The van der Waals surface area contributed by atoms with Gasteiger partial charge in [-0.15, -0.1) is 0 Å². The van der Waals surface area contributed by atoms with Gasteiger partial charge in [0.25, 0.3) is 0 Å². The molecule has 0 atom stereocenters. The Kier molecular flexibility index (Phi) is 4.92. The molecule has 0 saturated heterocycles. The molecule has 2 heterocycles. The molecule has 0 saturated carbocycles. The Labute approximate surface area is 169 Å². The quantitative estimate of drug-likeness (QED) is 0.311. The Morgan fingerprint density at radius 1 is 0.828 bits per heavy atom. The number of aromatic amines is 1. The molecule has 3 aromatic carbocycles. The molecule has 4 heteroatoms. The zero-order valence-electron chi connectivity index (χ0n) is 16.5. The van der Waals surface area contributed by atoms with E-state index in [9.17, 15) is 5.11 Å². The van der Waals surface area contributed by atoms with Crippen LogP contribution in [0, 0.1) is 0 Å². The van der Waals surface area contributed by atoms with Crippen LogP contribution in [-0.2, 0) is 0 Å². The Morgan fingerprint density at radius 2 is 1.55 bits per heavy atom. The number of aromatic nitrogens is 2. The molecule has 144 valence electrons. The number of hydrogen-bond acceptors (Lipinski definition) is 3. The highest BCUT2D eigenvalue weighted by atomic mass is 16.3. The van der Waals surface area contributed by atoms with Crippen LogP contribution in [0.4, 0.5) is 5.69 Å². The monoisotopic (exact) mass is 381 g/mol. The third-order valence-corrected chi connectivity index (χ3v) is 4.88. The maximum atomic E-state index is 10.5. The summed E-state index contributed by atoms with van der Waals surface area (Å²) < 4.78 is 0. The van der Waals surface area contributed by atoms with Crippen molar-refractivity contribution >= 4 is 27.5 Å². The van der Waals surface area contributed by atoms with E-state index >= 15 is 0 Å². The first-order valence-corrected chi connectivity index (χ1v) is 9.76. The van der Waals surface area contributed by atoms with Crippen LogP contribution in [-0.4, -0.2) is 15.1 Å². The summed E-state index contributed by atoms with van der Waals surface area (Å²) in [7, 11) is 0. The molecule has 5 rings (SSSR count). The second-order valence-electron chi connectivity index (χ2n) is 6.62. The molecule has 2 aromatic heterocycles. The average Bonchev–Trinajstić information content (AvgIpc) is 3.10. The number of nitrogens with one attached hydrogen (secondary N) is 1. The highest BCUT2D eigenvalue weighted by Gasteiger charge is 2.15. The Hall–Kier alpha value is -3.79. The van der Waals surface area contributed by atoms with E-state index in [-0.39, 0.29) is 5.88 Å². The third-order valence-electron chi connectivity index (χ3n) is 4.88. The number of benzene rings is 3. The molecule has 0 aliphatic carbocycles. The second kappa shape index (κ2) is 7.68. The summed E-state index contributed by atoms with van der Waals surface area (Å²) in [4.78, 5) is 7.80. The highest BCUT2D eigenvalue weighted by molar-refractivity contribution is 6.01. The van der Waals surface area contributed by atoms with Gasteiger partial charge >= 0.3 is 0 Å². The first kappa shape index (κ1) is 18.6. The Bertz CT molecular complexity index is 1290. The van der Waals surface area contributed by atoms with Crippen molar-refractivity contribution in [3.8, 4) is 28.3 Å². The van der Waals surface area contributed by atoms with Crippen molar-refractivity contribution < 1.29 is 5.11 Å². The Morgan fingerprint density at radius 3 is 2.34 bits per heavy atom. The van der Waals surface area contributed by atoms with Gasteiger partial charge in [0.15, 0.2) is 5.88 Å². The number of para-hydroxylation sites is 1. The van der Waals surface area contributed by atoms with Gasteiger partial charge in [-0.1, -0.05) is 56.3 Å². The van der Waals surface area contributed by atoms with Crippen molar-refractivity contribution in [2.24, 2.45) is 0 Å². The van der Waals surface area contributed by atoms with Crippen LogP contribution >= 0.6 is 0 Å². The maximum absolute atomic E-state index is 10.5. The van der Waals surface area contributed by atoms with Gasteiger partial charge in [0.1, 0.15) is 0 Å². The summed E-state index contributed by atoms with van der Waals surface area (Å²) in [6.45, 7) is 4.00. The SMILES string of the molecule is CC.Nc1ccc(-c2ccc3[nH]c(O)c(-c4ccc5ccccc5n4)c3c2)cc1. The lowest BCUT2D eigenvalue weighted by Gasteiger charge is -2.05. The fourth-order valence-corrected chi connectivity index (χ4v) is 3.50. The zero-order valence-corrected chi connectivity index (χ0v) is 16.5. The normalized spacial score (nSPS) is 10.7. The van der Waals surface area contributed by atoms with Crippen LogP contribution in [0.25, 0.3) is 44.2 Å². The van der Waals surface area contributed by atoms with E-state index in [1.807, 2.05) is 86.6 Å². The van der Waals surface area contributed by atoms with Gasteiger partial charge in [-0.05, 0) is 47.5 Å². The van der Waals surface area contributed by atoms with Crippen LogP contribution in [0.1, 0.15) is 13.8 Å². The number of H-pyrrole nitrogens is 1. The van der Waals surface area contributed by atoms with Gasteiger partial charge in [-0.3, -0.25) is 0 Å². The summed E-state index contributed by atoms with van der Waals surface area (Å²) in [5.74, 6) is 0.127. The molecule has 0 aliphatic heterocycles. The molecule has 5 aromatic rings. The lowest BCUT2D eigenvalue weighted by atomic mass is 10.0. The Balaban J connectivity index is 0.000000994. The van der Waals surface area contributed by atoms with E-state index in [0.717, 1.165) is 44.3 Å². The predicted molar refractivity (Wildman–Crippen MR) is 122 cm³/mol. The van der Waals surface area contributed by atoms with Crippen LogP contribution in [0.5, 0.6) is 5.88 Å². The number of pyridine rings is 1. The van der Waals surface area contributed by atoms with Gasteiger partial charge in [0, 0.05) is 22.0 Å². The molecule has 29 heavy (non-hydrogen) atoms. The van der Waals surface area contributed by atoms with Crippen molar-refractivity contribution in [2.45, 2.75) is 13.8 Å². The standard InChI is InChI=1S/C23H17N3O.C2H6/c24-17-9-5-14(6-10-17)16-8-11-20-18(13-16)22(23(27)26-20)21-12-7-15-3-1-2-4-19(15)25-21;1-2/h1-13,26-27H,24H2;1-2H3. The van der Waals surface area contributed by atoms with E-state index in [4.69, 9.17) is 10.7 Å². The summed E-state index contributed by atoms with van der Waals surface area (Å²) in [6, 6.07) is 25.8. The van der Waals surface area contributed by atoms with Crippen molar-refractivity contribution in [2.75, 3.05) is 5.73 Å². The van der Waals surface area contributed by atoms with Crippen molar-refractivity contribution in [3.05, 3.63) is 78.9 Å². The van der Waals surface area contributed by atoms with Gasteiger partial charge in [0.05, 0.1) is 16.8 Å². The second-order valence-corrected chi connectivity index (χ2v) is 6.62. The van der Waals surface area contributed by atoms with E-state index in [1.54, 1.807) is 0 Å². The fourth-order valence-electron chi connectivity index (χ4n) is 3.50. The summed E-state index contributed by atoms with van der Waals surface area (Å²) in [5.41, 5.74) is 11.9. The molecule has 0 unspecified atom stereocenters. The molecule has 4 nitrogen and oxygen atoms in total. The first-order valence-electron chi connectivity index (χ1n) is 9.76. The van der Waals surface area contributed by atoms with E-state index in [0.29, 0.717) is 5.56 Å². The minimum atomic E-state index is 0.127. The van der Waals surface area contributed by atoms with Gasteiger partial charge in [-0.25, -0.2) is 4.98 Å². The first-order chi connectivity index (χ1) is 14.2. The van der Waals surface area contributed by atoms with Crippen molar-refractivity contribution in [1.82, 2.24) is 9.97 Å². The topological polar surface area (TPSA) is 74.9 Å². The lowest BCUT2D eigenvalue weighted by molar-refractivity contribution is 0.460. The van der Waals surface area contributed by atoms with Crippen LogP contribution in [0.3, 0.4) is 0 Å². The number of fused-ring (bicyclic) bond motifs is 2. The number of aromatic hydroxyl groups is 1. The summed E-state index contributed by atoms with van der Waals surface area (Å²) in [5, 5.41) is 12.6. The maximum Gasteiger partial charge on any atom is 0.199 e. The number of nitrogens with zero attached hydrogens (tertiary/aromatic N) is 1. The number of anilines is 1. The van der Waals surface area contributed by atoms with Gasteiger partial charge in [0.2, 0.25) is 0 Å². The zero-order chi connectivity index (χ0) is 20.4. The van der Waals surface area contributed by atoms with E-state index in [1.165, 1.54) is 0 Å². The van der Waals surface area contributed by atoms with Gasteiger partial charge < -0.3 is 15.8 Å². The average molecular weight is 381 g/mol. The van der Waals surface area contributed by atoms with E-state index < -0.39 is 0 Å². The third kappa shape index (κ3) is 3.41. The molecule has 4 N–H and O–H groups in total. The van der Waals surface area contributed by atoms with Crippen LogP contribution < -0.4 is 5.73 Å². The number of nitrogens with two attached hydrogens (primary N) is 1. The molecule has 0 fully saturated rings. The van der Waals surface area contributed by atoms with Crippen LogP contribution in [0.2, 0.25) is 0 Å². The molecule has 0 bridgehead atoms. The summed E-state index contributed by atoms with van der Waals surface area (Å²) in [6.07, 6.45) is 0. The van der Waals surface area contributed by atoms with E-state index in [2.05, 4.69) is 11.1 Å². The molecule has 0 spiro atoms. The largest absolute Gasteiger partial charge is 0.494 e. The van der Waals surface area contributed by atoms with Crippen molar-refractivity contribution in [3.63, 3.8) is 0 Å². The minimum absolute atomic E-state index is 0.127. The van der Waals surface area contributed by atoms with Crippen molar-refractivity contribution in [1.29, 1.82) is 0 Å². The number of hydrogen-bond donors (Lipinski definition) is 3. The smallest absolute Gasteiger partial charge is 0.199 e. The molecule has 0 amide bonds. The highest BCUT2D eigenvalue weighted by Crippen LogP contribution is 2.38. The molecule has 0 radical (unpaired) electrons. The predicted octanol–water partition coefficient (Wildman–Crippen LogP) is 6.36. The lowest BCUT2D eigenvalue weighted by Crippen LogP contribution is -1.86. The molecular formula is C25H23N3O. The van der Waals surface area contributed by atoms with Gasteiger partial charge in [-0.2, -0.15) is 0 Å². The number of nitrogen functional groups attached to an aromatic ring is 1. The number of rotatable bonds is 2. The molecule has 0 aliphatic rings. The summed E-state index contributed by atoms with van der Waals surface area (Å²) >= 11 is 0. The molecular weight excluding hydrogens is 358 g/mol. The van der Waals surface area contributed by atoms with Crippen LogP contribution in [0.15, 0.2) is 78.9 Å². The fraction of sp³-hybridized carbons (Fsp3) is 0.0800. The minimum Gasteiger partial charge on any atom is -0.494 e.